The van der Waals surface area contributed by atoms with Gasteiger partial charge in [0.1, 0.15) is 11.6 Å². The molecule has 0 spiro atoms. The molecule has 9 heteroatoms. The van der Waals surface area contributed by atoms with E-state index in [0.717, 1.165) is 34.1 Å². The average molecular weight is 587 g/mol. The number of carboxylic acid groups (broad SMARTS) is 1. The fraction of sp³-hybridized carbons (Fsp3) is 0.273. The molecule has 0 bridgehead atoms. The number of hydrogen-bond acceptors (Lipinski definition) is 5. The fourth-order valence-electron chi connectivity index (χ4n) is 4.44. The predicted octanol–water partition coefficient (Wildman–Crippen LogP) is 6.45. The first-order valence-electron chi connectivity index (χ1n) is 13.7. The number of carbonyl (C=O) groups is 2. The maximum atomic E-state index is 13.1. The molecule has 4 aromatic rings. The molecule has 0 aliphatic carbocycles. The van der Waals surface area contributed by atoms with Gasteiger partial charge in [0.2, 0.25) is 10.0 Å². The number of nitrogens with one attached hydrogen (secondary N) is 2. The van der Waals surface area contributed by atoms with Crippen LogP contribution in [0.3, 0.4) is 0 Å². The zero-order chi connectivity index (χ0) is 30.6. The molecule has 0 radical (unpaired) electrons. The zero-order valence-electron chi connectivity index (χ0n) is 24.2. The highest BCUT2D eigenvalue weighted by Crippen LogP contribution is 2.29. The van der Waals surface area contributed by atoms with E-state index in [1.165, 1.54) is 12.1 Å². The molecule has 0 saturated heterocycles. The standard InChI is InChI=1S/C33H34N2O6S/c1-20(2)8-6-9-25-10-7-11-28-29(25)22(5)31(41-28)32(36)34-26-16-12-23(13-17-26)24-14-18-27(19-15-24)42(39,40)35-30(21(3)4)33(37)38/h7,10-21,30,35H,8H2,1-5H3,(H,34,36)(H,37,38). The lowest BCUT2D eigenvalue weighted by molar-refractivity contribution is -0.140. The largest absolute Gasteiger partial charge is 0.480 e. The number of carboxylic acids is 1. The number of carbonyl (C=O) groups excluding carboxylic acids is 1. The normalized spacial score (nSPS) is 12.3. The van der Waals surface area contributed by atoms with Crippen LogP contribution in [0.1, 0.15) is 55.8 Å². The van der Waals surface area contributed by atoms with Crippen molar-refractivity contribution in [1.29, 1.82) is 0 Å². The van der Waals surface area contributed by atoms with Crippen molar-refractivity contribution >= 4 is 38.6 Å². The van der Waals surface area contributed by atoms with Crippen LogP contribution < -0.4 is 10.0 Å². The number of anilines is 1. The Bertz CT molecular complexity index is 1770. The van der Waals surface area contributed by atoms with Gasteiger partial charge in [-0.3, -0.25) is 9.59 Å². The van der Waals surface area contributed by atoms with Crippen LogP contribution in [0.2, 0.25) is 0 Å². The monoisotopic (exact) mass is 586 g/mol. The number of aliphatic carboxylic acids is 1. The Morgan fingerprint density at radius 1 is 0.929 bits per heavy atom. The lowest BCUT2D eigenvalue weighted by atomic mass is 10.0. The predicted molar refractivity (Wildman–Crippen MR) is 164 cm³/mol. The van der Waals surface area contributed by atoms with Crippen molar-refractivity contribution < 1.29 is 27.5 Å². The molecule has 1 atom stereocenters. The second kappa shape index (κ2) is 12.6. The van der Waals surface area contributed by atoms with Gasteiger partial charge in [-0.25, -0.2) is 8.42 Å². The summed E-state index contributed by atoms with van der Waals surface area (Å²) in [6, 6.07) is 17.7. The van der Waals surface area contributed by atoms with Crippen molar-refractivity contribution in [3.63, 3.8) is 0 Å². The van der Waals surface area contributed by atoms with E-state index in [-0.39, 0.29) is 16.6 Å². The van der Waals surface area contributed by atoms with Gasteiger partial charge in [-0.05, 0) is 66.3 Å². The average Bonchev–Trinajstić information content (AvgIpc) is 3.29. The van der Waals surface area contributed by atoms with Gasteiger partial charge in [-0.1, -0.05) is 69.9 Å². The molecular formula is C33H34N2O6S. The third-order valence-electron chi connectivity index (χ3n) is 6.75. The third kappa shape index (κ3) is 6.90. The molecule has 8 nitrogen and oxygen atoms in total. The van der Waals surface area contributed by atoms with Crippen LogP contribution in [0, 0.1) is 30.6 Å². The third-order valence-corrected chi connectivity index (χ3v) is 8.21. The van der Waals surface area contributed by atoms with Crippen LogP contribution in [0.25, 0.3) is 22.1 Å². The molecule has 0 aliphatic rings. The van der Waals surface area contributed by atoms with Crippen LogP contribution in [0.15, 0.2) is 76.0 Å². The highest BCUT2D eigenvalue weighted by atomic mass is 32.2. The first-order chi connectivity index (χ1) is 19.9. The van der Waals surface area contributed by atoms with Gasteiger partial charge in [0.15, 0.2) is 5.76 Å². The Balaban J connectivity index is 1.48. The lowest BCUT2D eigenvalue weighted by Gasteiger charge is -2.18. The van der Waals surface area contributed by atoms with Gasteiger partial charge in [0.25, 0.3) is 5.91 Å². The summed E-state index contributed by atoms with van der Waals surface area (Å²) in [6.45, 7) is 9.34. The Morgan fingerprint density at radius 3 is 2.12 bits per heavy atom. The topological polar surface area (TPSA) is 126 Å². The summed E-state index contributed by atoms with van der Waals surface area (Å²) in [6.07, 6.45) is 0.780. The van der Waals surface area contributed by atoms with Gasteiger partial charge >= 0.3 is 5.97 Å². The van der Waals surface area contributed by atoms with E-state index < -0.39 is 28.0 Å². The molecule has 3 aromatic carbocycles. The maximum Gasteiger partial charge on any atom is 0.322 e. The summed E-state index contributed by atoms with van der Waals surface area (Å²) in [4.78, 5) is 24.5. The molecule has 0 aliphatic heterocycles. The second-order valence-corrected chi connectivity index (χ2v) is 12.6. The first-order valence-corrected chi connectivity index (χ1v) is 15.1. The van der Waals surface area contributed by atoms with Gasteiger partial charge in [0.05, 0.1) is 4.90 Å². The number of aryl methyl sites for hydroxylation is 1. The Morgan fingerprint density at radius 2 is 1.55 bits per heavy atom. The van der Waals surface area contributed by atoms with E-state index in [4.69, 9.17) is 4.42 Å². The van der Waals surface area contributed by atoms with Gasteiger partial charge < -0.3 is 14.8 Å². The highest BCUT2D eigenvalue weighted by Gasteiger charge is 2.28. The summed E-state index contributed by atoms with van der Waals surface area (Å²) in [7, 11) is -4.01. The Kier molecular flexibility index (Phi) is 9.20. The summed E-state index contributed by atoms with van der Waals surface area (Å²) < 4.78 is 33.6. The van der Waals surface area contributed by atoms with E-state index in [9.17, 15) is 23.1 Å². The molecule has 4 rings (SSSR count). The Labute approximate surface area is 246 Å². The van der Waals surface area contributed by atoms with E-state index in [2.05, 4.69) is 35.7 Å². The number of fused-ring (bicyclic) bond motifs is 1. The minimum atomic E-state index is -4.01. The highest BCUT2D eigenvalue weighted by molar-refractivity contribution is 7.89. The van der Waals surface area contributed by atoms with E-state index in [1.807, 2.05) is 37.3 Å². The van der Waals surface area contributed by atoms with Crippen molar-refractivity contribution in [2.45, 2.75) is 52.0 Å². The maximum absolute atomic E-state index is 13.1. The summed E-state index contributed by atoms with van der Waals surface area (Å²) in [5.74, 6) is 5.07. The molecule has 3 N–H and O–H groups in total. The SMILES string of the molecule is Cc1c(C(=O)Nc2ccc(-c3ccc(S(=O)(=O)NC(C(=O)O)C(C)C)cc3)cc2)oc2cccc(C#CCC(C)C)c12. The number of rotatable bonds is 9. The smallest absolute Gasteiger partial charge is 0.322 e. The van der Waals surface area contributed by atoms with Gasteiger partial charge in [0, 0.05) is 28.6 Å². The van der Waals surface area contributed by atoms with Gasteiger partial charge in [-0.15, -0.1) is 0 Å². The number of sulfonamides is 1. The number of amides is 1. The van der Waals surface area contributed by atoms with Crippen LogP contribution in [0.4, 0.5) is 5.69 Å². The van der Waals surface area contributed by atoms with Crippen LogP contribution >= 0.6 is 0 Å². The van der Waals surface area contributed by atoms with Crippen molar-refractivity contribution in [1.82, 2.24) is 4.72 Å². The van der Waals surface area contributed by atoms with Gasteiger partial charge in [-0.2, -0.15) is 4.72 Å². The number of benzene rings is 3. The molecular weight excluding hydrogens is 552 g/mol. The molecule has 42 heavy (non-hydrogen) atoms. The summed E-state index contributed by atoms with van der Waals surface area (Å²) in [5.41, 5.74) is 4.28. The molecule has 1 heterocycles. The molecule has 0 fully saturated rings. The minimum Gasteiger partial charge on any atom is -0.480 e. The van der Waals surface area contributed by atoms with E-state index in [1.54, 1.807) is 38.1 Å². The summed E-state index contributed by atoms with van der Waals surface area (Å²) in [5, 5.41) is 13.0. The zero-order valence-corrected chi connectivity index (χ0v) is 25.0. The molecule has 218 valence electrons. The van der Waals surface area contributed by atoms with Crippen molar-refractivity contribution in [2.24, 2.45) is 11.8 Å². The summed E-state index contributed by atoms with van der Waals surface area (Å²) >= 11 is 0. The molecule has 1 amide bonds. The van der Waals surface area contributed by atoms with Crippen molar-refractivity contribution in [3.05, 3.63) is 83.6 Å². The van der Waals surface area contributed by atoms with Crippen molar-refractivity contribution in [2.75, 3.05) is 5.32 Å². The van der Waals surface area contributed by atoms with E-state index >= 15 is 0 Å². The van der Waals surface area contributed by atoms with Crippen LogP contribution in [-0.4, -0.2) is 31.4 Å². The Hall–Kier alpha value is -4.39. The fourth-order valence-corrected chi connectivity index (χ4v) is 5.78. The first kappa shape index (κ1) is 30.6. The number of hydrogen-bond donors (Lipinski definition) is 3. The number of furan rings is 1. The molecule has 1 unspecified atom stereocenters. The van der Waals surface area contributed by atoms with Crippen LogP contribution in [-0.2, 0) is 14.8 Å². The minimum absolute atomic E-state index is 0.0303. The van der Waals surface area contributed by atoms with Crippen LogP contribution in [0.5, 0.6) is 0 Å². The lowest BCUT2D eigenvalue weighted by Crippen LogP contribution is -2.44. The quantitative estimate of drug-likeness (QED) is 0.194. The second-order valence-electron chi connectivity index (χ2n) is 10.9. The molecule has 0 saturated carbocycles. The van der Waals surface area contributed by atoms with E-state index in [0.29, 0.717) is 17.2 Å². The molecule has 1 aromatic heterocycles. The van der Waals surface area contributed by atoms with Crippen molar-refractivity contribution in [3.8, 4) is 23.0 Å².